The highest BCUT2D eigenvalue weighted by atomic mass is 32.1. The van der Waals surface area contributed by atoms with Gasteiger partial charge in [0.05, 0.1) is 0 Å². The quantitative estimate of drug-likeness (QED) is 0.502. The summed E-state index contributed by atoms with van der Waals surface area (Å²) < 4.78 is 42.1. The maximum atomic E-state index is 12.3. The minimum atomic E-state index is -4.65. The zero-order chi connectivity index (χ0) is 18.6. The van der Waals surface area contributed by atoms with Crippen molar-refractivity contribution in [2.45, 2.75) is 32.2 Å². The lowest BCUT2D eigenvalue weighted by Gasteiger charge is -2.14. The van der Waals surface area contributed by atoms with E-state index in [1.54, 1.807) is 17.4 Å². The van der Waals surface area contributed by atoms with Gasteiger partial charge in [-0.15, -0.1) is 24.5 Å². The number of aryl methyl sites for hydroxylation is 1. The smallest absolute Gasteiger partial charge is 0.406 e. The summed E-state index contributed by atoms with van der Waals surface area (Å²) in [6.07, 6.45) is -3.13. The van der Waals surface area contributed by atoms with Gasteiger partial charge in [0.25, 0.3) is 0 Å². The summed E-state index contributed by atoms with van der Waals surface area (Å²) in [5.74, 6) is -0.166. The summed E-state index contributed by atoms with van der Waals surface area (Å²) >= 11 is 1.74. The highest BCUT2D eigenvalue weighted by Gasteiger charge is 2.31. The van der Waals surface area contributed by atoms with Crippen LogP contribution in [0.2, 0.25) is 0 Å². The first-order valence-electron chi connectivity index (χ1n) is 8.46. The molecule has 0 bridgehead atoms. The van der Waals surface area contributed by atoms with Crippen molar-refractivity contribution in [2.75, 3.05) is 6.54 Å². The molecule has 0 radical (unpaired) electrons. The molecule has 0 saturated heterocycles. The second kappa shape index (κ2) is 8.10. The van der Waals surface area contributed by atoms with Gasteiger partial charge in [0, 0.05) is 10.7 Å². The van der Waals surface area contributed by atoms with Crippen LogP contribution in [0.5, 0.6) is 5.75 Å². The maximum absolute atomic E-state index is 12.3. The molecule has 0 fully saturated rings. The zero-order valence-corrected chi connectivity index (χ0v) is 15.2. The van der Waals surface area contributed by atoms with E-state index in [4.69, 9.17) is 0 Å². The Morgan fingerprint density at radius 1 is 1.12 bits per heavy atom. The Morgan fingerprint density at radius 3 is 2.73 bits per heavy atom. The lowest BCUT2D eigenvalue weighted by atomic mass is 10.1. The number of alkyl halides is 3. The third-order valence-corrected chi connectivity index (χ3v) is 5.18. The van der Waals surface area contributed by atoms with Crippen LogP contribution >= 0.6 is 11.3 Å². The average Bonchev–Trinajstić information content (AvgIpc) is 3.01. The van der Waals surface area contributed by atoms with Crippen molar-refractivity contribution in [3.05, 3.63) is 65.0 Å². The van der Waals surface area contributed by atoms with E-state index in [2.05, 4.69) is 34.5 Å². The third-order valence-electron chi connectivity index (χ3n) is 4.20. The number of hydrogen-bond donors (Lipinski definition) is 1. The number of hydrogen-bond acceptors (Lipinski definition) is 3. The summed E-state index contributed by atoms with van der Waals surface area (Å²) in [7, 11) is 0. The standard InChI is InChI=1S/C20H20F3NOS/c1-14(18-13-26-19-10-3-2-9-17(18)19)24-11-5-7-15-6-4-8-16(12-15)25-20(21,22)23/h2-4,6,8-10,12-14,24H,5,7,11H2,1H3. The zero-order valence-electron chi connectivity index (χ0n) is 14.3. The van der Waals surface area contributed by atoms with Gasteiger partial charge in [-0.1, -0.05) is 30.3 Å². The molecule has 2 aromatic carbocycles. The van der Waals surface area contributed by atoms with E-state index in [0.717, 1.165) is 18.5 Å². The Bertz CT molecular complexity index is 859. The number of benzene rings is 2. The number of nitrogens with one attached hydrogen (secondary N) is 1. The molecule has 0 aliphatic carbocycles. The Kier molecular flexibility index (Phi) is 5.84. The lowest BCUT2D eigenvalue weighted by Crippen LogP contribution is -2.20. The molecule has 0 saturated carbocycles. The predicted octanol–water partition coefficient (Wildman–Crippen LogP) is 6.08. The molecule has 1 unspecified atom stereocenters. The van der Waals surface area contributed by atoms with Crippen LogP contribution in [0.3, 0.4) is 0 Å². The van der Waals surface area contributed by atoms with E-state index in [0.29, 0.717) is 6.42 Å². The Morgan fingerprint density at radius 2 is 1.92 bits per heavy atom. The van der Waals surface area contributed by atoms with Gasteiger partial charge in [0.1, 0.15) is 5.75 Å². The first-order chi connectivity index (χ1) is 12.4. The normalized spacial score (nSPS) is 13.1. The number of rotatable bonds is 7. The number of fused-ring (bicyclic) bond motifs is 1. The molecular formula is C20H20F3NOS. The van der Waals surface area contributed by atoms with Crippen molar-refractivity contribution >= 4 is 21.4 Å². The monoisotopic (exact) mass is 379 g/mol. The Hall–Kier alpha value is -2.05. The van der Waals surface area contributed by atoms with Crippen LogP contribution in [0.4, 0.5) is 13.2 Å². The second-order valence-corrected chi connectivity index (χ2v) is 7.07. The van der Waals surface area contributed by atoms with Gasteiger partial charge in [-0.25, -0.2) is 0 Å². The molecule has 1 heterocycles. The van der Waals surface area contributed by atoms with Gasteiger partial charge in [-0.2, -0.15) is 0 Å². The molecule has 6 heteroatoms. The van der Waals surface area contributed by atoms with Gasteiger partial charge in [0.2, 0.25) is 0 Å². The largest absolute Gasteiger partial charge is 0.573 e. The van der Waals surface area contributed by atoms with Gasteiger partial charge >= 0.3 is 6.36 Å². The number of thiophene rings is 1. The van der Waals surface area contributed by atoms with Crippen molar-refractivity contribution in [3.8, 4) is 5.75 Å². The molecule has 0 spiro atoms. The van der Waals surface area contributed by atoms with Crippen LogP contribution in [0.1, 0.15) is 30.5 Å². The highest BCUT2D eigenvalue weighted by molar-refractivity contribution is 7.17. The van der Waals surface area contributed by atoms with Crippen LogP contribution in [-0.4, -0.2) is 12.9 Å². The van der Waals surface area contributed by atoms with Crippen LogP contribution < -0.4 is 10.1 Å². The SMILES string of the molecule is CC(NCCCc1cccc(OC(F)(F)F)c1)c1csc2ccccc12. The fourth-order valence-electron chi connectivity index (χ4n) is 2.95. The van der Waals surface area contributed by atoms with E-state index < -0.39 is 6.36 Å². The molecule has 3 aromatic rings. The van der Waals surface area contributed by atoms with E-state index in [1.807, 2.05) is 18.2 Å². The minimum absolute atomic E-state index is 0.166. The fourth-order valence-corrected chi connectivity index (χ4v) is 4.01. The topological polar surface area (TPSA) is 21.3 Å². The summed E-state index contributed by atoms with van der Waals surface area (Å²) in [5, 5.41) is 6.95. The molecule has 1 N–H and O–H groups in total. The first-order valence-corrected chi connectivity index (χ1v) is 9.34. The van der Waals surface area contributed by atoms with Crippen LogP contribution in [0.15, 0.2) is 53.9 Å². The summed E-state index contributed by atoms with van der Waals surface area (Å²) in [6.45, 7) is 2.92. The molecular weight excluding hydrogens is 359 g/mol. The van der Waals surface area contributed by atoms with Crippen molar-refractivity contribution < 1.29 is 17.9 Å². The van der Waals surface area contributed by atoms with Crippen LogP contribution in [0, 0.1) is 0 Å². The molecule has 2 nitrogen and oxygen atoms in total. The molecule has 138 valence electrons. The minimum Gasteiger partial charge on any atom is -0.406 e. The number of ether oxygens (including phenoxy) is 1. The first kappa shape index (κ1) is 18.7. The van der Waals surface area contributed by atoms with Crippen LogP contribution in [0.25, 0.3) is 10.1 Å². The molecule has 3 rings (SSSR count). The fraction of sp³-hybridized carbons (Fsp3) is 0.300. The predicted molar refractivity (Wildman–Crippen MR) is 99.7 cm³/mol. The van der Waals surface area contributed by atoms with E-state index in [-0.39, 0.29) is 11.8 Å². The molecule has 1 aromatic heterocycles. The average molecular weight is 379 g/mol. The summed E-state index contributed by atoms with van der Waals surface area (Å²) in [5.41, 5.74) is 2.12. The van der Waals surface area contributed by atoms with Crippen molar-refractivity contribution in [2.24, 2.45) is 0 Å². The Balaban J connectivity index is 1.50. The molecule has 26 heavy (non-hydrogen) atoms. The molecule has 0 aliphatic rings. The van der Waals surface area contributed by atoms with Crippen molar-refractivity contribution in [1.82, 2.24) is 5.32 Å². The van der Waals surface area contributed by atoms with E-state index in [1.165, 1.54) is 27.8 Å². The van der Waals surface area contributed by atoms with Gasteiger partial charge in [-0.05, 0) is 66.4 Å². The second-order valence-electron chi connectivity index (χ2n) is 6.16. The number of halogens is 3. The van der Waals surface area contributed by atoms with Crippen LogP contribution in [-0.2, 0) is 6.42 Å². The highest BCUT2D eigenvalue weighted by Crippen LogP contribution is 2.30. The molecule has 1 atom stereocenters. The summed E-state index contributed by atoms with van der Waals surface area (Å²) in [4.78, 5) is 0. The molecule has 0 amide bonds. The van der Waals surface area contributed by atoms with Crippen molar-refractivity contribution in [3.63, 3.8) is 0 Å². The Labute approximate surface area is 154 Å². The third kappa shape index (κ3) is 4.99. The van der Waals surface area contributed by atoms with Gasteiger partial charge < -0.3 is 10.1 Å². The van der Waals surface area contributed by atoms with E-state index in [9.17, 15) is 13.2 Å². The van der Waals surface area contributed by atoms with Gasteiger partial charge in [0.15, 0.2) is 0 Å². The van der Waals surface area contributed by atoms with E-state index >= 15 is 0 Å². The summed E-state index contributed by atoms with van der Waals surface area (Å²) in [6, 6.07) is 14.7. The van der Waals surface area contributed by atoms with Gasteiger partial charge in [-0.3, -0.25) is 0 Å². The molecule has 0 aliphatic heterocycles. The maximum Gasteiger partial charge on any atom is 0.573 e. The lowest BCUT2D eigenvalue weighted by molar-refractivity contribution is -0.274. The van der Waals surface area contributed by atoms with Crippen molar-refractivity contribution in [1.29, 1.82) is 0 Å².